The normalized spacial score (nSPS) is 9.31. The van der Waals surface area contributed by atoms with Gasteiger partial charge < -0.3 is 4.74 Å². The van der Waals surface area contributed by atoms with Gasteiger partial charge in [-0.2, -0.15) is 5.26 Å². The summed E-state index contributed by atoms with van der Waals surface area (Å²) in [5.41, 5.74) is 0.434. The molecule has 0 saturated heterocycles. The van der Waals surface area contributed by atoms with Gasteiger partial charge in [0.25, 0.3) is 0 Å². The largest absolute Gasteiger partial charge is 0.495 e. The molecule has 0 aliphatic heterocycles. The van der Waals surface area contributed by atoms with Crippen LogP contribution < -0.4 is 4.74 Å². The van der Waals surface area contributed by atoms with E-state index in [1.807, 2.05) is 6.07 Å². The number of hydrogen-bond donors (Lipinski definition) is 0. The number of rotatable bonds is 4. The Morgan fingerprint density at radius 1 is 1.62 bits per heavy atom. The molecule has 0 aromatic heterocycles. The van der Waals surface area contributed by atoms with Crippen molar-refractivity contribution in [1.82, 2.24) is 0 Å². The number of methoxy groups -OCH3 is 1. The Balaban J connectivity index is 3.50. The molecule has 0 bridgehead atoms. The molecule has 82 valence electrons. The van der Waals surface area contributed by atoms with Crippen molar-refractivity contribution in [3.63, 3.8) is 0 Å². The first-order chi connectivity index (χ1) is 7.69. The third kappa shape index (κ3) is 2.05. The lowest BCUT2D eigenvalue weighted by Crippen LogP contribution is -2.07. The highest BCUT2D eigenvalue weighted by Crippen LogP contribution is 2.25. The number of aldehydes is 1. The van der Waals surface area contributed by atoms with Crippen LogP contribution in [-0.2, 0) is 0 Å². The molecule has 1 aromatic rings. The maximum Gasteiger partial charge on any atom is 0.178 e. The zero-order valence-corrected chi connectivity index (χ0v) is 9.25. The number of nitrogens with zero attached hydrogens (tertiary/aromatic N) is 1. The van der Waals surface area contributed by atoms with E-state index in [4.69, 9.17) is 21.6 Å². The molecule has 0 saturated carbocycles. The molecular weight excluding hydrogens is 230 g/mol. The van der Waals surface area contributed by atoms with E-state index in [2.05, 4.69) is 0 Å². The summed E-state index contributed by atoms with van der Waals surface area (Å²) in [5, 5.41) is 8.80. The van der Waals surface area contributed by atoms with E-state index in [1.165, 1.54) is 19.2 Å². The number of nitriles is 1. The molecule has 0 aliphatic rings. The molecule has 5 heteroatoms. The topological polar surface area (TPSA) is 67.2 Å². The molecule has 0 spiro atoms. The smallest absolute Gasteiger partial charge is 0.178 e. The van der Waals surface area contributed by atoms with Crippen LogP contribution >= 0.6 is 11.6 Å². The van der Waals surface area contributed by atoms with Crippen molar-refractivity contribution in [2.24, 2.45) is 0 Å². The van der Waals surface area contributed by atoms with Crippen LogP contribution in [-0.4, -0.2) is 25.1 Å². The van der Waals surface area contributed by atoms with Gasteiger partial charge in [0.15, 0.2) is 12.1 Å². The number of carbonyl (C=O) groups is 2. The van der Waals surface area contributed by atoms with Gasteiger partial charge in [0, 0.05) is 5.56 Å². The summed E-state index contributed by atoms with van der Waals surface area (Å²) in [6, 6.07) is 4.70. The van der Waals surface area contributed by atoms with Crippen molar-refractivity contribution in [2.75, 3.05) is 13.0 Å². The van der Waals surface area contributed by atoms with Gasteiger partial charge in [0.05, 0.1) is 24.1 Å². The molecule has 4 nitrogen and oxygen atoms in total. The zero-order valence-electron chi connectivity index (χ0n) is 8.49. The average Bonchev–Trinajstić information content (AvgIpc) is 2.35. The lowest BCUT2D eigenvalue weighted by Gasteiger charge is -2.09. The first kappa shape index (κ1) is 12.2. The SMILES string of the molecule is COc1c(C#N)ccc(C(=O)CCl)c1C=O. The van der Waals surface area contributed by atoms with E-state index >= 15 is 0 Å². The van der Waals surface area contributed by atoms with Gasteiger partial charge in [-0.1, -0.05) is 0 Å². The summed E-state index contributed by atoms with van der Waals surface area (Å²) in [6.07, 6.45) is 0.486. The number of ketones is 1. The molecule has 1 aromatic carbocycles. The Morgan fingerprint density at radius 2 is 2.31 bits per heavy atom. The van der Waals surface area contributed by atoms with E-state index in [0.717, 1.165) is 0 Å². The second kappa shape index (κ2) is 5.29. The van der Waals surface area contributed by atoms with Crippen molar-refractivity contribution in [1.29, 1.82) is 5.26 Å². The van der Waals surface area contributed by atoms with Crippen molar-refractivity contribution < 1.29 is 14.3 Å². The van der Waals surface area contributed by atoms with Crippen LogP contribution in [0.15, 0.2) is 12.1 Å². The molecule has 0 amide bonds. The average molecular weight is 238 g/mol. The first-order valence-electron chi connectivity index (χ1n) is 4.35. The van der Waals surface area contributed by atoms with E-state index in [1.54, 1.807) is 0 Å². The Morgan fingerprint density at radius 3 is 2.75 bits per heavy atom. The number of Topliss-reactive ketones (excluding diaryl/α,β-unsaturated/α-hetero) is 1. The Labute approximate surface area is 97.4 Å². The van der Waals surface area contributed by atoms with E-state index in [-0.39, 0.29) is 34.1 Å². The highest BCUT2D eigenvalue weighted by atomic mass is 35.5. The quantitative estimate of drug-likeness (QED) is 0.455. The molecular formula is C11H8ClNO3. The monoisotopic (exact) mass is 237 g/mol. The summed E-state index contributed by atoms with van der Waals surface area (Å²) in [4.78, 5) is 22.3. The zero-order chi connectivity index (χ0) is 12.1. The van der Waals surface area contributed by atoms with E-state index in [0.29, 0.717) is 6.29 Å². The minimum atomic E-state index is -0.383. The van der Waals surface area contributed by atoms with Crippen LogP contribution in [0.5, 0.6) is 5.75 Å². The third-order valence-corrected chi connectivity index (χ3v) is 2.30. The first-order valence-corrected chi connectivity index (χ1v) is 4.88. The minimum absolute atomic E-state index is 0.0622. The van der Waals surface area contributed by atoms with Crippen LogP contribution in [0.4, 0.5) is 0 Å². The van der Waals surface area contributed by atoms with Gasteiger partial charge in [0.2, 0.25) is 0 Å². The minimum Gasteiger partial charge on any atom is -0.495 e. The van der Waals surface area contributed by atoms with Crippen LogP contribution in [0, 0.1) is 11.3 Å². The van der Waals surface area contributed by atoms with Crippen molar-refractivity contribution in [3.8, 4) is 11.8 Å². The lowest BCUT2D eigenvalue weighted by atomic mass is 10.0. The van der Waals surface area contributed by atoms with Crippen LogP contribution in [0.1, 0.15) is 26.3 Å². The fourth-order valence-corrected chi connectivity index (χ4v) is 1.48. The number of carbonyl (C=O) groups excluding carboxylic acids is 2. The fourth-order valence-electron chi connectivity index (χ4n) is 1.34. The predicted octanol–water partition coefficient (Wildman–Crippen LogP) is 1.80. The molecule has 0 atom stereocenters. The number of ether oxygens (including phenoxy) is 1. The molecule has 16 heavy (non-hydrogen) atoms. The maximum absolute atomic E-state index is 11.4. The predicted molar refractivity (Wildman–Crippen MR) is 58.1 cm³/mol. The van der Waals surface area contributed by atoms with Crippen molar-refractivity contribution in [3.05, 3.63) is 28.8 Å². The van der Waals surface area contributed by atoms with Gasteiger partial charge in [-0.05, 0) is 12.1 Å². The van der Waals surface area contributed by atoms with Gasteiger partial charge in [-0.25, -0.2) is 0 Å². The molecule has 0 aliphatic carbocycles. The van der Waals surface area contributed by atoms with Crippen molar-refractivity contribution >= 4 is 23.7 Å². The summed E-state index contributed by atoms with van der Waals surface area (Å²) < 4.78 is 4.94. The molecule has 0 heterocycles. The molecule has 0 N–H and O–H groups in total. The van der Waals surface area contributed by atoms with E-state index < -0.39 is 0 Å². The van der Waals surface area contributed by atoms with Crippen LogP contribution in [0.25, 0.3) is 0 Å². The van der Waals surface area contributed by atoms with Gasteiger partial charge >= 0.3 is 0 Å². The maximum atomic E-state index is 11.4. The van der Waals surface area contributed by atoms with E-state index in [9.17, 15) is 9.59 Å². The van der Waals surface area contributed by atoms with Crippen LogP contribution in [0.3, 0.4) is 0 Å². The van der Waals surface area contributed by atoms with Gasteiger partial charge in [-0.3, -0.25) is 9.59 Å². The summed E-state index contributed by atoms with van der Waals surface area (Å²) >= 11 is 5.41. The number of benzene rings is 1. The standard InChI is InChI=1S/C11H8ClNO3/c1-16-11-7(5-13)2-3-8(9(11)6-14)10(15)4-12/h2-3,6H,4H2,1H3. The highest BCUT2D eigenvalue weighted by Gasteiger charge is 2.17. The Kier molecular flexibility index (Phi) is 4.03. The molecule has 0 fully saturated rings. The molecule has 0 radical (unpaired) electrons. The molecule has 0 unspecified atom stereocenters. The fraction of sp³-hybridized carbons (Fsp3) is 0.182. The van der Waals surface area contributed by atoms with Gasteiger partial charge in [0.1, 0.15) is 11.8 Å². The summed E-state index contributed by atoms with van der Waals surface area (Å²) in [7, 11) is 1.33. The second-order valence-electron chi connectivity index (χ2n) is 2.89. The van der Waals surface area contributed by atoms with Crippen molar-refractivity contribution in [2.45, 2.75) is 0 Å². The summed E-state index contributed by atoms with van der Waals surface area (Å²) in [6.45, 7) is 0. The van der Waals surface area contributed by atoms with Crippen LogP contribution in [0.2, 0.25) is 0 Å². The van der Waals surface area contributed by atoms with Gasteiger partial charge in [-0.15, -0.1) is 11.6 Å². The Bertz CT molecular complexity index is 477. The number of halogens is 1. The third-order valence-electron chi connectivity index (χ3n) is 2.06. The number of alkyl halides is 1. The lowest BCUT2D eigenvalue weighted by molar-refractivity contribution is 0.101. The highest BCUT2D eigenvalue weighted by molar-refractivity contribution is 6.31. The number of hydrogen-bond acceptors (Lipinski definition) is 4. The Hall–Kier alpha value is -1.86. The summed E-state index contributed by atoms with van der Waals surface area (Å²) in [5.74, 6) is -0.504. The molecule has 1 rings (SSSR count). The second-order valence-corrected chi connectivity index (χ2v) is 3.16.